The molecule has 7 heteroatoms. The molecule has 0 bridgehead atoms. The second kappa shape index (κ2) is 5.25. The lowest BCUT2D eigenvalue weighted by Crippen LogP contribution is -2.67. The molecule has 6 nitrogen and oxygen atoms in total. The van der Waals surface area contributed by atoms with E-state index in [0.717, 1.165) is 5.56 Å². The van der Waals surface area contributed by atoms with Crippen molar-refractivity contribution in [3.63, 3.8) is 0 Å². The molecule has 150 valence electrons. The number of fused-ring (bicyclic) bond motifs is 10. The summed E-state index contributed by atoms with van der Waals surface area (Å²) in [5, 5.41) is 11.8. The lowest BCUT2D eigenvalue weighted by atomic mass is 9.72. The van der Waals surface area contributed by atoms with Crippen LogP contribution in [0.4, 0.5) is 0 Å². The highest BCUT2D eigenvalue weighted by Crippen LogP contribution is 2.76. The van der Waals surface area contributed by atoms with E-state index >= 15 is 0 Å². The zero-order valence-corrected chi connectivity index (χ0v) is 17.4. The van der Waals surface area contributed by atoms with Crippen molar-refractivity contribution in [3.8, 4) is 0 Å². The second-order valence-corrected chi connectivity index (χ2v) is 10.7. The van der Waals surface area contributed by atoms with E-state index in [-0.39, 0.29) is 29.6 Å². The minimum absolute atomic E-state index is 0.00238. The molecule has 2 aliphatic heterocycles. The number of hydrogen-bond donors (Lipinski definition) is 1. The van der Waals surface area contributed by atoms with Crippen LogP contribution in [-0.2, 0) is 23.3 Å². The Morgan fingerprint density at radius 3 is 2.54 bits per heavy atom. The Morgan fingerprint density at radius 1 is 1.07 bits per heavy atom. The maximum atomic E-state index is 13.5. The summed E-state index contributed by atoms with van der Waals surface area (Å²) >= 11 is 3.81. The Bertz CT molecular complexity index is 875. The molecule has 1 aromatic rings. The molecule has 5 aliphatic rings. The predicted octanol–water partition coefficient (Wildman–Crippen LogP) is 2.22. The van der Waals surface area contributed by atoms with Crippen LogP contribution < -0.4 is 0 Å². The van der Waals surface area contributed by atoms with Gasteiger partial charge in [0.1, 0.15) is 10.4 Å². The number of ketones is 1. The third-order valence-electron chi connectivity index (χ3n) is 7.17. The molecular formula is C21H23BrO6. The van der Waals surface area contributed by atoms with Crippen LogP contribution in [0.1, 0.15) is 29.8 Å². The van der Waals surface area contributed by atoms with E-state index in [4.69, 9.17) is 18.9 Å². The maximum absolute atomic E-state index is 13.5. The quantitative estimate of drug-likeness (QED) is 0.610. The van der Waals surface area contributed by atoms with Crippen molar-refractivity contribution >= 4 is 21.7 Å². The van der Waals surface area contributed by atoms with Crippen molar-refractivity contribution in [3.05, 3.63) is 35.4 Å². The molecule has 0 aromatic heterocycles. The number of rotatable bonds is 0. The van der Waals surface area contributed by atoms with Crippen molar-refractivity contribution in [1.29, 1.82) is 0 Å². The standard InChI is InChI=1S/C21H23BrO6/c1-18(2)9-27-20(28-10-18)13-14-16(23)11-5-3-4-6-12(11)19(14,22)21(24)17(15(13)20)25-7-8-26-21/h3-6,13-15,17,24H,7-10H2,1-2H3/t13-,14+,15-,17+,19?,21?/m1/s1. The van der Waals surface area contributed by atoms with E-state index in [9.17, 15) is 9.90 Å². The summed E-state index contributed by atoms with van der Waals surface area (Å²) in [6.07, 6.45) is -0.637. The van der Waals surface area contributed by atoms with Crippen LogP contribution >= 0.6 is 15.9 Å². The predicted molar refractivity (Wildman–Crippen MR) is 101 cm³/mol. The topological polar surface area (TPSA) is 74.2 Å². The van der Waals surface area contributed by atoms with Crippen LogP contribution in [0, 0.1) is 23.2 Å². The number of ether oxygens (including phenoxy) is 4. The fraction of sp³-hybridized carbons (Fsp3) is 0.667. The van der Waals surface area contributed by atoms with E-state index in [1.807, 2.05) is 24.3 Å². The van der Waals surface area contributed by atoms with E-state index in [2.05, 4.69) is 29.8 Å². The summed E-state index contributed by atoms with van der Waals surface area (Å²) in [7, 11) is 0. The van der Waals surface area contributed by atoms with E-state index < -0.39 is 27.9 Å². The molecule has 4 fully saturated rings. The molecule has 28 heavy (non-hydrogen) atoms. The Balaban J connectivity index is 1.53. The number of alkyl halides is 1. The molecule has 1 spiro atoms. The van der Waals surface area contributed by atoms with Gasteiger partial charge in [-0.1, -0.05) is 54.0 Å². The Labute approximate surface area is 171 Å². The third kappa shape index (κ3) is 1.85. The third-order valence-corrected chi connectivity index (χ3v) is 8.66. The molecule has 6 rings (SSSR count). The van der Waals surface area contributed by atoms with Gasteiger partial charge in [-0.05, 0) is 5.56 Å². The summed E-state index contributed by atoms with van der Waals surface area (Å²) in [5.74, 6) is -3.58. The van der Waals surface area contributed by atoms with Crippen molar-refractivity contribution in [1.82, 2.24) is 0 Å². The molecule has 2 saturated carbocycles. The van der Waals surface area contributed by atoms with Gasteiger partial charge < -0.3 is 24.1 Å². The number of hydrogen-bond acceptors (Lipinski definition) is 6. The first-order valence-electron chi connectivity index (χ1n) is 9.85. The van der Waals surface area contributed by atoms with E-state index in [1.54, 1.807) is 0 Å². The van der Waals surface area contributed by atoms with Gasteiger partial charge in [0, 0.05) is 16.9 Å². The summed E-state index contributed by atoms with van der Waals surface area (Å²) in [6, 6.07) is 7.43. The lowest BCUT2D eigenvalue weighted by Gasteiger charge is -2.52. The highest BCUT2D eigenvalue weighted by Gasteiger charge is 2.88. The summed E-state index contributed by atoms with van der Waals surface area (Å²) < 4.78 is 23.5. The fourth-order valence-corrected chi connectivity index (χ4v) is 7.08. The number of carbonyl (C=O) groups excluding carboxylic acids is 1. The van der Waals surface area contributed by atoms with E-state index in [0.29, 0.717) is 25.4 Å². The highest BCUT2D eigenvalue weighted by atomic mass is 79.9. The van der Waals surface area contributed by atoms with Crippen LogP contribution in [-0.4, -0.2) is 55.0 Å². The van der Waals surface area contributed by atoms with Crippen molar-refractivity contribution < 1.29 is 28.8 Å². The molecule has 2 heterocycles. The fourth-order valence-electron chi connectivity index (χ4n) is 5.90. The number of Topliss-reactive ketones (excluding diaryl/α,β-unsaturated/α-hetero) is 1. The first kappa shape index (κ1) is 18.0. The molecule has 2 unspecified atom stereocenters. The normalized spacial score (nSPS) is 47.1. The van der Waals surface area contributed by atoms with Crippen LogP contribution in [0.25, 0.3) is 0 Å². The van der Waals surface area contributed by atoms with Crippen LogP contribution in [0.5, 0.6) is 0 Å². The van der Waals surface area contributed by atoms with Gasteiger partial charge in [0.05, 0.1) is 38.3 Å². The average Bonchev–Trinajstić information content (AvgIpc) is 3.24. The van der Waals surface area contributed by atoms with Gasteiger partial charge >= 0.3 is 0 Å². The van der Waals surface area contributed by atoms with Gasteiger partial charge in [0.25, 0.3) is 0 Å². The zero-order chi connectivity index (χ0) is 19.5. The van der Waals surface area contributed by atoms with Crippen molar-refractivity contribution in [2.24, 2.45) is 23.2 Å². The molecule has 0 amide bonds. The molecule has 3 aliphatic carbocycles. The Morgan fingerprint density at radius 2 is 1.79 bits per heavy atom. The molecular weight excluding hydrogens is 428 g/mol. The first-order chi connectivity index (χ1) is 13.3. The van der Waals surface area contributed by atoms with Gasteiger partial charge in [-0.25, -0.2) is 0 Å². The number of aliphatic hydroxyl groups is 1. The minimum Gasteiger partial charge on any atom is -0.370 e. The van der Waals surface area contributed by atoms with Crippen LogP contribution in [0.3, 0.4) is 0 Å². The average molecular weight is 451 g/mol. The Kier molecular flexibility index (Phi) is 3.37. The molecule has 1 aromatic carbocycles. The van der Waals surface area contributed by atoms with Crippen molar-refractivity contribution in [2.45, 2.75) is 35.8 Å². The molecule has 6 atom stereocenters. The summed E-state index contributed by atoms with van der Waals surface area (Å²) in [4.78, 5) is 13.5. The Hall–Kier alpha value is -0.830. The monoisotopic (exact) mass is 450 g/mol. The minimum atomic E-state index is -1.68. The van der Waals surface area contributed by atoms with E-state index in [1.165, 1.54) is 0 Å². The summed E-state index contributed by atoms with van der Waals surface area (Å²) in [5.41, 5.74) is 1.27. The number of benzene rings is 1. The van der Waals surface area contributed by atoms with Crippen LogP contribution in [0.15, 0.2) is 24.3 Å². The molecule has 0 radical (unpaired) electrons. The lowest BCUT2D eigenvalue weighted by molar-refractivity contribution is -0.342. The zero-order valence-electron chi connectivity index (χ0n) is 15.8. The van der Waals surface area contributed by atoms with Gasteiger partial charge in [-0.2, -0.15) is 0 Å². The largest absolute Gasteiger partial charge is 0.370 e. The maximum Gasteiger partial charge on any atom is 0.213 e. The summed E-state index contributed by atoms with van der Waals surface area (Å²) in [6.45, 7) is 5.91. The van der Waals surface area contributed by atoms with Crippen molar-refractivity contribution in [2.75, 3.05) is 26.4 Å². The highest BCUT2D eigenvalue weighted by molar-refractivity contribution is 9.09. The van der Waals surface area contributed by atoms with Gasteiger partial charge in [0.15, 0.2) is 11.6 Å². The molecule has 2 saturated heterocycles. The molecule has 1 N–H and O–H groups in total. The SMILES string of the molecule is CC1(C)COC2(OC1)[C@@H]1[C@H]2[C@H]2C(=O)c3ccccc3C2(Br)C2(O)OCCO[C@@H]12. The van der Waals surface area contributed by atoms with Gasteiger partial charge in [-0.3, -0.25) is 4.79 Å². The van der Waals surface area contributed by atoms with Gasteiger partial charge in [-0.15, -0.1) is 0 Å². The van der Waals surface area contributed by atoms with Crippen LogP contribution in [0.2, 0.25) is 0 Å². The smallest absolute Gasteiger partial charge is 0.213 e. The first-order valence-corrected chi connectivity index (χ1v) is 10.6. The number of halogens is 1. The second-order valence-electron chi connectivity index (χ2n) is 9.45. The number of carbonyl (C=O) groups is 1. The van der Waals surface area contributed by atoms with Gasteiger partial charge in [0.2, 0.25) is 5.79 Å².